The molecule has 2 heterocycles. The van der Waals surface area contributed by atoms with Gasteiger partial charge in [0, 0.05) is 28.6 Å². The minimum absolute atomic E-state index is 0.102. The van der Waals surface area contributed by atoms with E-state index < -0.39 is 0 Å². The highest BCUT2D eigenvalue weighted by Crippen LogP contribution is 2.16. The number of amides is 1. The lowest BCUT2D eigenvalue weighted by Gasteiger charge is -2.15. The van der Waals surface area contributed by atoms with E-state index in [4.69, 9.17) is 5.11 Å². The normalized spacial score (nSPS) is 9.86. The molecule has 1 N–H and O–H groups in total. The van der Waals surface area contributed by atoms with Gasteiger partial charge in [-0.3, -0.25) is 4.79 Å². The summed E-state index contributed by atoms with van der Waals surface area (Å²) >= 11 is 1.55. The maximum atomic E-state index is 12.3. The van der Waals surface area contributed by atoms with Crippen LogP contribution in [0.15, 0.2) is 29.6 Å². The molecule has 0 aromatic carbocycles. The van der Waals surface area contributed by atoms with Crippen LogP contribution in [0, 0.1) is 18.8 Å². The molecule has 21 heavy (non-hydrogen) atoms. The van der Waals surface area contributed by atoms with Gasteiger partial charge in [-0.2, -0.15) is 0 Å². The van der Waals surface area contributed by atoms with Crippen LogP contribution in [0.1, 0.15) is 26.6 Å². The van der Waals surface area contributed by atoms with Crippen LogP contribution in [0.4, 0.5) is 0 Å². The lowest BCUT2D eigenvalue weighted by atomic mass is 10.2. The molecule has 0 bridgehead atoms. The van der Waals surface area contributed by atoms with E-state index in [2.05, 4.69) is 16.8 Å². The van der Waals surface area contributed by atoms with Crippen LogP contribution in [0.2, 0.25) is 0 Å². The largest absolute Gasteiger partial charge is 0.384 e. The lowest BCUT2D eigenvalue weighted by Crippen LogP contribution is -2.26. The number of aliphatic hydroxyl groups is 1. The standard InChI is InChI=1S/C16H16N2O2S/c1-12-5-3-7-15(17-12)16(20)18(2)10-14-9-13(11-21-14)6-4-8-19/h3,5,7,9,11,19H,8,10H2,1-2H3. The lowest BCUT2D eigenvalue weighted by molar-refractivity contribution is 0.0780. The molecule has 2 rings (SSSR count). The summed E-state index contributed by atoms with van der Waals surface area (Å²) in [5.41, 5.74) is 2.14. The zero-order valence-electron chi connectivity index (χ0n) is 12.0. The van der Waals surface area contributed by atoms with Gasteiger partial charge in [0.05, 0.1) is 6.54 Å². The van der Waals surface area contributed by atoms with E-state index in [9.17, 15) is 4.79 Å². The van der Waals surface area contributed by atoms with E-state index >= 15 is 0 Å². The summed E-state index contributed by atoms with van der Waals surface area (Å²) in [7, 11) is 1.76. The molecule has 0 aliphatic rings. The van der Waals surface area contributed by atoms with E-state index in [0.717, 1.165) is 16.1 Å². The van der Waals surface area contributed by atoms with Crippen molar-refractivity contribution in [3.63, 3.8) is 0 Å². The number of thiophene rings is 1. The van der Waals surface area contributed by atoms with Crippen LogP contribution >= 0.6 is 11.3 Å². The van der Waals surface area contributed by atoms with Gasteiger partial charge in [-0.05, 0) is 25.1 Å². The molecule has 0 aliphatic heterocycles. The summed E-state index contributed by atoms with van der Waals surface area (Å²) in [5.74, 6) is 5.36. The summed E-state index contributed by atoms with van der Waals surface area (Å²) in [6.45, 7) is 2.23. The first-order valence-corrected chi connectivity index (χ1v) is 7.34. The molecule has 4 nitrogen and oxygen atoms in total. The predicted molar refractivity (Wildman–Crippen MR) is 83.1 cm³/mol. The van der Waals surface area contributed by atoms with E-state index in [1.807, 2.05) is 30.5 Å². The van der Waals surface area contributed by atoms with Crippen molar-refractivity contribution in [1.82, 2.24) is 9.88 Å². The molecule has 0 saturated carbocycles. The minimum Gasteiger partial charge on any atom is -0.384 e. The van der Waals surface area contributed by atoms with Crippen LogP contribution in [-0.2, 0) is 6.54 Å². The summed E-state index contributed by atoms with van der Waals surface area (Å²) in [6.07, 6.45) is 0. The monoisotopic (exact) mass is 300 g/mol. The molecule has 0 fully saturated rings. The SMILES string of the molecule is Cc1cccc(C(=O)N(C)Cc2cc(C#CCO)cs2)n1. The molecule has 108 valence electrons. The third kappa shape index (κ3) is 4.15. The van der Waals surface area contributed by atoms with Crippen LogP contribution in [0.5, 0.6) is 0 Å². The van der Waals surface area contributed by atoms with E-state index in [0.29, 0.717) is 12.2 Å². The Morgan fingerprint density at radius 2 is 2.29 bits per heavy atom. The molecular formula is C16H16N2O2S. The predicted octanol–water partition coefficient (Wildman–Crippen LogP) is 2.07. The quantitative estimate of drug-likeness (QED) is 0.883. The Morgan fingerprint density at radius 1 is 1.48 bits per heavy atom. The molecule has 1 amide bonds. The van der Waals surface area contributed by atoms with Crippen molar-refractivity contribution < 1.29 is 9.90 Å². The number of rotatable bonds is 3. The zero-order chi connectivity index (χ0) is 15.2. The van der Waals surface area contributed by atoms with Gasteiger partial charge in [-0.1, -0.05) is 17.9 Å². The van der Waals surface area contributed by atoms with Gasteiger partial charge < -0.3 is 10.0 Å². The summed E-state index contributed by atoms with van der Waals surface area (Å²) in [4.78, 5) is 19.2. The molecule has 5 heteroatoms. The van der Waals surface area contributed by atoms with Crippen molar-refractivity contribution >= 4 is 17.2 Å². The highest BCUT2D eigenvalue weighted by molar-refractivity contribution is 7.10. The van der Waals surface area contributed by atoms with Crippen molar-refractivity contribution in [2.24, 2.45) is 0 Å². The molecular weight excluding hydrogens is 284 g/mol. The Kier molecular flexibility index (Phi) is 5.09. The van der Waals surface area contributed by atoms with Crippen molar-refractivity contribution in [2.75, 3.05) is 13.7 Å². The van der Waals surface area contributed by atoms with Crippen LogP contribution in [-0.4, -0.2) is 34.6 Å². The Balaban J connectivity index is 2.05. The van der Waals surface area contributed by atoms with E-state index in [-0.39, 0.29) is 12.5 Å². The van der Waals surface area contributed by atoms with Gasteiger partial charge >= 0.3 is 0 Å². The smallest absolute Gasteiger partial charge is 0.272 e. The first kappa shape index (κ1) is 15.2. The molecule has 0 spiro atoms. The highest BCUT2D eigenvalue weighted by Gasteiger charge is 2.14. The topological polar surface area (TPSA) is 53.4 Å². The fraction of sp³-hybridized carbons (Fsp3) is 0.250. The zero-order valence-corrected chi connectivity index (χ0v) is 12.8. The number of aliphatic hydroxyl groups excluding tert-OH is 1. The average molecular weight is 300 g/mol. The number of hydrogen-bond donors (Lipinski definition) is 1. The Hall–Kier alpha value is -2.16. The number of hydrogen-bond acceptors (Lipinski definition) is 4. The second kappa shape index (κ2) is 7.02. The number of aryl methyl sites for hydroxylation is 1. The van der Waals surface area contributed by atoms with Crippen molar-refractivity contribution in [3.8, 4) is 11.8 Å². The fourth-order valence-electron chi connectivity index (χ4n) is 1.83. The number of carbonyl (C=O) groups is 1. The number of aromatic nitrogens is 1. The van der Waals surface area contributed by atoms with Gasteiger partial charge in [0.1, 0.15) is 12.3 Å². The van der Waals surface area contributed by atoms with Gasteiger partial charge in [-0.25, -0.2) is 4.98 Å². The van der Waals surface area contributed by atoms with Gasteiger partial charge in [0.15, 0.2) is 0 Å². The fourth-order valence-corrected chi connectivity index (χ4v) is 2.70. The number of pyridine rings is 1. The van der Waals surface area contributed by atoms with Crippen molar-refractivity contribution in [2.45, 2.75) is 13.5 Å². The van der Waals surface area contributed by atoms with Crippen LogP contribution in [0.25, 0.3) is 0 Å². The van der Waals surface area contributed by atoms with Gasteiger partial charge in [0.25, 0.3) is 5.91 Å². The van der Waals surface area contributed by atoms with Crippen molar-refractivity contribution in [1.29, 1.82) is 0 Å². The maximum Gasteiger partial charge on any atom is 0.272 e. The molecule has 2 aromatic rings. The third-order valence-electron chi connectivity index (χ3n) is 2.81. The Labute approximate surface area is 128 Å². The average Bonchev–Trinajstić information content (AvgIpc) is 2.91. The van der Waals surface area contributed by atoms with Gasteiger partial charge in [-0.15, -0.1) is 11.3 Å². The summed E-state index contributed by atoms with van der Waals surface area (Å²) in [5, 5.41) is 10.6. The highest BCUT2D eigenvalue weighted by atomic mass is 32.1. The molecule has 0 radical (unpaired) electrons. The third-order valence-corrected chi connectivity index (χ3v) is 3.73. The molecule has 0 atom stereocenters. The second-order valence-electron chi connectivity index (χ2n) is 4.59. The second-order valence-corrected chi connectivity index (χ2v) is 5.58. The summed E-state index contributed by atoms with van der Waals surface area (Å²) < 4.78 is 0. The van der Waals surface area contributed by atoms with E-state index in [1.165, 1.54) is 0 Å². The summed E-state index contributed by atoms with van der Waals surface area (Å²) in [6, 6.07) is 7.35. The minimum atomic E-state index is -0.150. The van der Waals surface area contributed by atoms with Gasteiger partial charge in [0.2, 0.25) is 0 Å². The number of nitrogens with zero attached hydrogens (tertiary/aromatic N) is 2. The molecule has 0 aliphatic carbocycles. The first-order valence-electron chi connectivity index (χ1n) is 6.46. The Bertz CT molecular complexity index is 698. The van der Waals surface area contributed by atoms with Crippen LogP contribution < -0.4 is 0 Å². The molecule has 0 unspecified atom stereocenters. The first-order chi connectivity index (χ1) is 10.1. The van der Waals surface area contributed by atoms with Crippen LogP contribution in [0.3, 0.4) is 0 Å². The van der Waals surface area contributed by atoms with E-state index in [1.54, 1.807) is 29.4 Å². The number of carbonyl (C=O) groups excluding carboxylic acids is 1. The molecule has 2 aromatic heterocycles. The Morgan fingerprint density at radius 3 is 3.00 bits per heavy atom. The molecule has 0 saturated heterocycles. The van der Waals surface area contributed by atoms with Crippen molar-refractivity contribution in [3.05, 3.63) is 51.5 Å². The maximum absolute atomic E-state index is 12.3.